The molecule has 0 aliphatic rings. The number of methoxy groups -OCH3 is 1. The standard InChI is InChI=1S/C13H19NO4/c1-13(2,16)7-8-18-12(15)11-9(14)5-4-6-10(11)17-3/h4-6,16H,7-8,14H2,1-3H3. The molecule has 5 nitrogen and oxygen atoms in total. The first-order valence-corrected chi connectivity index (χ1v) is 5.67. The van der Waals surface area contributed by atoms with E-state index >= 15 is 0 Å². The summed E-state index contributed by atoms with van der Waals surface area (Å²) in [5.74, 6) is -0.169. The minimum Gasteiger partial charge on any atom is -0.496 e. The fourth-order valence-corrected chi connectivity index (χ4v) is 1.40. The Morgan fingerprint density at radius 3 is 2.67 bits per heavy atom. The van der Waals surface area contributed by atoms with Crippen LogP contribution in [0.1, 0.15) is 30.6 Å². The second kappa shape index (κ2) is 5.73. The monoisotopic (exact) mass is 253 g/mol. The summed E-state index contributed by atoms with van der Waals surface area (Å²) in [7, 11) is 1.46. The average Bonchev–Trinajstić information content (AvgIpc) is 2.26. The lowest BCUT2D eigenvalue weighted by Gasteiger charge is -2.17. The van der Waals surface area contributed by atoms with Gasteiger partial charge in [-0.3, -0.25) is 0 Å². The minimum atomic E-state index is -0.868. The first kappa shape index (κ1) is 14.3. The van der Waals surface area contributed by atoms with Gasteiger partial charge in [-0.1, -0.05) is 6.07 Å². The van der Waals surface area contributed by atoms with E-state index < -0.39 is 11.6 Å². The van der Waals surface area contributed by atoms with Crippen LogP contribution in [0.2, 0.25) is 0 Å². The quantitative estimate of drug-likeness (QED) is 0.615. The van der Waals surface area contributed by atoms with Crippen molar-refractivity contribution in [1.82, 2.24) is 0 Å². The Kier molecular flexibility index (Phi) is 4.55. The summed E-state index contributed by atoms with van der Waals surface area (Å²) in [5.41, 5.74) is 5.38. The number of carbonyl (C=O) groups excluding carboxylic acids is 1. The van der Waals surface area contributed by atoms with Gasteiger partial charge in [0.2, 0.25) is 0 Å². The number of anilines is 1. The molecule has 0 atom stereocenters. The molecule has 1 aromatic rings. The lowest BCUT2D eigenvalue weighted by molar-refractivity contribution is 0.0243. The molecule has 3 N–H and O–H groups in total. The Morgan fingerprint density at radius 1 is 1.44 bits per heavy atom. The lowest BCUT2D eigenvalue weighted by Crippen LogP contribution is -2.22. The SMILES string of the molecule is COc1cccc(N)c1C(=O)OCCC(C)(C)O. The van der Waals surface area contributed by atoms with Crippen molar-refractivity contribution in [2.75, 3.05) is 19.5 Å². The number of nitrogen functional groups attached to an aromatic ring is 1. The van der Waals surface area contributed by atoms with Crippen LogP contribution in [0.3, 0.4) is 0 Å². The maximum Gasteiger partial charge on any atom is 0.344 e. The van der Waals surface area contributed by atoms with E-state index in [4.69, 9.17) is 15.2 Å². The third-order valence-electron chi connectivity index (χ3n) is 2.43. The van der Waals surface area contributed by atoms with Crippen LogP contribution in [0.5, 0.6) is 5.75 Å². The first-order valence-electron chi connectivity index (χ1n) is 5.67. The molecule has 18 heavy (non-hydrogen) atoms. The molecule has 0 heterocycles. The van der Waals surface area contributed by atoms with Crippen LogP contribution >= 0.6 is 0 Å². The lowest BCUT2D eigenvalue weighted by atomic mass is 10.1. The Bertz CT molecular complexity index is 423. The van der Waals surface area contributed by atoms with Gasteiger partial charge >= 0.3 is 5.97 Å². The zero-order valence-electron chi connectivity index (χ0n) is 10.9. The van der Waals surface area contributed by atoms with Gasteiger partial charge in [-0.15, -0.1) is 0 Å². The van der Waals surface area contributed by atoms with Crippen LogP contribution in [0, 0.1) is 0 Å². The Hall–Kier alpha value is -1.75. The molecule has 0 amide bonds. The number of hydrogen-bond acceptors (Lipinski definition) is 5. The molecule has 0 aliphatic heterocycles. The van der Waals surface area contributed by atoms with Crippen LogP contribution in [0.25, 0.3) is 0 Å². The van der Waals surface area contributed by atoms with Gasteiger partial charge in [0.25, 0.3) is 0 Å². The Balaban J connectivity index is 2.73. The highest BCUT2D eigenvalue weighted by molar-refractivity contribution is 5.98. The van der Waals surface area contributed by atoms with Gasteiger partial charge in [-0.05, 0) is 26.0 Å². The maximum atomic E-state index is 11.9. The predicted molar refractivity (Wildman–Crippen MR) is 68.6 cm³/mol. The van der Waals surface area contributed by atoms with Crippen LogP contribution in [-0.4, -0.2) is 30.4 Å². The fraction of sp³-hybridized carbons (Fsp3) is 0.462. The van der Waals surface area contributed by atoms with Gasteiger partial charge in [-0.2, -0.15) is 0 Å². The van der Waals surface area contributed by atoms with Crippen LogP contribution in [-0.2, 0) is 4.74 Å². The van der Waals surface area contributed by atoms with Crippen molar-refractivity contribution in [3.05, 3.63) is 23.8 Å². The number of hydrogen-bond donors (Lipinski definition) is 2. The predicted octanol–water partition coefficient (Wildman–Crippen LogP) is 1.60. The number of nitrogens with two attached hydrogens (primary N) is 1. The van der Waals surface area contributed by atoms with Crippen molar-refractivity contribution < 1.29 is 19.4 Å². The van der Waals surface area contributed by atoms with Crippen molar-refractivity contribution in [2.45, 2.75) is 25.9 Å². The first-order chi connectivity index (χ1) is 8.35. The van der Waals surface area contributed by atoms with Crippen LogP contribution in [0.15, 0.2) is 18.2 Å². The maximum absolute atomic E-state index is 11.9. The number of carbonyl (C=O) groups is 1. The van der Waals surface area contributed by atoms with Gasteiger partial charge in [0, 0.05) is 12.1 Å². The van der Waals surface area contributed by atoms with Gasteiger partial charge < -0.3 is 20.3 Å². The summed E-state index contributed by atoms with van der Waals surface area (Å²) in [6, 6.07) is 4.94. The average molecular weight is 253 g/mol. The molecule has 0 bridgehead atoms. The number of ether oxygens (including phenoxy) is 2. The van der Waals surface area contributed by atoms with Gasteiger partial charge in [0.05, 0.1) is 19.3 Å². The summed E-state index contributed by atoms with van der Waals surface area (Å²) >= 11 is 0. The van der Waals surface area contributed by atoms with Crippen LogP contribution < -0.4 is 10.5 Å². The molecule has 0 saturated carbocycles. The molecular formula is C13H19NO4. The second-order valence-electron chi connectivity index (χ2n) is 4.62. The normalized spacial score (nSPS) is 11.1. The largest absolute Gasteiger partial charge is 0.496 e. The van der Waals surface area contributed by atoms with Gasteiger partial charge in [0.15, 0.2) is 0 Å². The molecule has 0 aromatic heterocycles. The number of aliphatic hydroxyl groups is 1. The smallest absolute Gasteiger partial charge is 0.344 e. The Labute approximate surface area is 107 Å². The second-order valence-corrected chi connectivity index (χ2v) is 4.62. The highest BCUT2D eigenvalue weighted by atomic mass is 16.5. The van der Waals surface area contributed by atoms with E-state index in [1.165, 1.54) is 7.11 Å². The molecule has 0 aliphatic carbocycles. The number of esters is 1. The van der Waals surface area contributed by atoms with E-state index in [-0.39, 0.29) is 12.2 Å². The van der Waals surface area contributed by atoms with Crippen LogP contribution in [0.4, 0.5) is 5.69 Å². The van der Waals surface area contributed by atoms with E-state index in [1.54, 1.807) is 32.0 Å². The van der Waals surface area contributed by atoms with Crippen molar-refractivity contribution in [3.63, 3.8) is 0 Å². The molecule has 100 valence electrons. The minimum absolute atomic E-state index is 0.125. The number of rotatable bonds is 5. The van der Waals surface area contributed by atoms with Crippen molar-refractivity contribution >= 4 is 11.7 Å². The zero-order valence-corrected chi connectivity index (χ0v) is 10.9. The molecule has 5 heteroatoms. The summed E-state index contributed by atoms with van der Waals surface area (Å²) < 4.78 is 10.1. The molecular weight excluding hydrogens is 234 g/mol. The van der Waals surface area contributed by atoms with Gasteiger partial charge in [0.1, 0.15) is 11.3 Å². The van der Waals surface area contributed by atoms with Crippen molar-refractivity contribution in [1.29, 1.82) is 0 Å². The van der Waals surface area contributed by atoms with E-state index in [2.05, 4.69) is 0 Å². The zero-order chi connectivity index (χ0) is 13.8. The molecule has 0 unspecified atom stereocenters. The van der Waals surface area contributed by atoms with Gasteiger partial charge in [-0.25, -0.2) is 4.79 Å². The third-order valence-corrected chi connectivity index (χ3v) is 2.43. The third kappa shape index (κ3) is 3.92. The summed E-state index contributed by atoms with van der Waals surface area (Å²) in [6.07, 6.45) is 0.355. The Morgan fingerprint density at radius 2 is 2.11 bits per heavy atom. The molecule has 1 rings (SSSR count). The molecule has 0 radical (unpaired) electrons. The summed E-state index contributed by atoms with van der Waals surface area (Å²) in [5, 5.41) is 9.52. The topological polar surface area (TPSA) is 81.8 Å². The van der Waals surface area contributed by atoms with E-state index in [1.807, 2.05) is 0 Å². The van der Waals surface area contributed by atoms with Crippen molar-refractivity contribution in [3.8, 4) is 5.75 Å². The fourth-order valence-electron chi connectivity index (χ4n) is 1.40. The summed E-state index contributed by atoms with van der Waals surface area (Å²) in [6.45, 7) is 3.43. The molecule has 0 fully saturated rings. The highest BCUT2D eigenvalue weighted by Gasteiger charge is 2.19. The van der Waals surface area contributed by atoms with E-state index in [0.29, 0.717) is 17.9 Å². The number of benzene rings is 1. The van der Waals surface area contributed by atoms with E-state index in [9.17, 15) is 9.90 Å². The van der Waals surface area contributed by atoms with E-state index in [0.717, 1.165) is 0 Å². The van der Waals surface area contributed by atoms with Crippen molar-refractivity contribution in [2.24, 2.45) is 0 Å². The highest BCUT2D eigenvalue weighted by Crippen LogP contribution is 2.25. The molecule has 0 saturated heterocycles. The molecule has 1 aromatic carbocycles. The summed E-state index contributed by atoms with van der Waals surface area (Å²) in [4.78, 5) is 11.9. The molecule has 0 spiro atoms.